The molecule has 1 atom stereocenters. The minimum Gasteiger partial charge on any atom is -1.00 e. The number of hydrogen-bond donors (Lipinski definition) is 3. The van der Waals surface area contributed by atoms with E-state index in [0.717, 1.165) is 19.3 Å². The van der Waals surface area contributed by atoms with Crippen molar-refractivity contribution >= 4 is 17.9 Å². The summed E-state index contributed by atoms with van der Waals surface area (Å²) < 4.78 is 4.89. The van der Waals surface area contributed by atoms with Crippen LogP contribution in [0.5, 0.6) is 0 Å². The van der Waals surface area contributed by atoms with Crippen LogP contribution in [-0.4, -0.2) is 45.4 Å². The van der Waals surface area contributed by atoms with Gasteiger partial charge in [0.25, 0.3) is 0 Å². The Kier molecular flexibility index (Phi) is 17.5. The quantitative estimate of drug-likeness (QED) is 0.198. The van der Waals surface area contributed by atoms with E-state index in [9.17, 15) is 19.5 Å². The number of aliphatic carboxylic acids is 2. The predicted octanol–water partition coefficient (Wildman–Crippen LogP) is 0.248. The van der Waals surface area contributed by atoms with Gasteiger partial charge in [-0.3, -0.25) is 9.59 Å². The average molecular weight is 384 g/mol. The molecule has 8 heteroatoms. The van der Waals surface area contributed by atoms with Gasteiger partial charge >= 0.3 is 47.5 Å². The van der Waals surface area contributed by atoms with Crippen molar-refractivity contribution in [3.8, 4) is 0 Å². The van der Waals surface area contributed by atoms with Gasteiger partial charge in [-0.25, -0.2) is 4.79 Å². The molecule has 7 nitrogen and oxygen atoms in total. The Bertz CT molecular complexity index is 421. The van der Waals surface area contributed by atoms with E-state index in [-0.39, 0.29) is 37.6 Å². The predicted molar refractivity (Wildman–Crippen MR) is 93.4 cm³/mol. The molecule has 0 radical (unpaired) electrons. The average Bonchev–Trinajstić information content (AvgIpc) is 2.51. The number of rotatable bonds is 16. The van der Waals surface area contributed by atoms with Gasteiger partial charge in [-0.05, 0) is 6.42 Å². The van der Waals surface area contributed by atoms with Crippen LogP contribution >= 0.6 is 0 Å². The molecule has 0 saturated heterocycles. The Morgan fingerprint density at radius 1 is 0.846 bits per heavy atom. The molecule has 0 saturated carbocycles. The third kappa shape index (κ3) is 14.5. The number of hydrogen-bond acceptors (Lipinski definition) is 5. The molecule has 0 aliphatic heterocycles. The van der Waals surface area contributed by atoms with Crippen molar-refractivity contribution in [1.82, 2.24) is 0 Å². The van der Waals surface area contributed by atoms with Gasteiger partial charge < -0.3 is 21.5 Å². The first-order valence-corrected chi connectivity index (χ1v) is 9.15. The SMILES string of the molecule is CCCCCCCCCCCCOC(=O)CC(O)(CC(=O)O)C(=O)O.[H-].[Na+]. The maximum atomic E-state index is 11.6. The zero-order valence-corrected chi connectivity index (χ0v) is 18.2. The van der Waals surface area contributed by atoms with Crippen molar-refractivity contribution in [1.29, 1.82) is 0 Å². The Balaban J connectivity index is -0.00000288. The molecule has 26 heavy (non-hydrogen) atoms. The Hall–Kier alpha value is -0.630. The van der Waals surface area contributed by atoms with Crippen molar-refractivity contribution in [2.75, 3.05) is 6.61 Å². The molecule has 0 fully saturated rings. The summed E-state index contributed by atoms with van der Waals surface area (Å²) >= 11 is 0. The topological polar surface area (TPSA) is 121 Å². The molecule has 1 unspecified atom stereocenters. The fourth-order valence-corrected chi connectivity index (χ4v) is 2.53. The van der Waals surface area contributed by atoms with Crippen LogP contribution in [0.4, 0.5) is 0 Å². The van der Waals surface area contributed by atoms with E-state index in [4.69, 9.17) is 14.9 Å². The number of carboxylic acids is 2. The van der Waals surface area contributed by atoms with Crippen LogP contribution in [0.1, 0.15) is 85.4 Å². The second-order valence-corrected chi connectivity index (χ2v) is 6.49. The molecule has 0 aromatic carbocycles. The molecule has 0 amide bonds. The van der Waals surface area contributed by atoms with Crippen LogP contribution in [0.15, 0.2) is 0 Å². The van der Waals surface area contributed by atoms with Gasteiger partial charge in [0.2, 0.25) is 0 Å². The number of unbranched alkanes of at least 4 members (excludes halogenated alkanes) is 9. The van der Waals surface area contributed by atoms with Gasteiger partial charge in [-0.1, -0.05) is 64.7 Å². The number of carboxylic acid groups (broad SMARTS) is 2. The Morgan fingerprint density at radius 3 is 1.73 bits per heavy atom. The molecule has 0 aromatic rings. The van der Waals surface area contributed by atoms with Crippen LogP contribution in [0.3, 0.4) is 0 Å². The summed E-state index contributed by atoms with van der Waals surface area (Å²) in [4.78, 5) is 33.1. The van der Waals surface area contributed by atoms with Crippen LogP contribution in [-0.2, 0) is 19.1 Å². The molecule has 148 valence electrons. The zero-order valence-electron chi connectivity index (χ0n) is 17.2. The Labute approximate surface area is 179 Å². The molecule has 0 spiro atoms. The maximum Gasteiger partial charge on any atom is 1.00 e. The number of esters is 1. The van der Waals surface area contributed by atoms with Crippen molar-refractivity contribution < 1.29 is 65.4 Å². The summed E-state index contributed by atoms with van der Waals surface area (Å²) in [7, 11) is 0. The van der Waals surface area contributed by atoms with E-state index < -0.39 is 36.4 Å². The second-order valence-electron chi connectivity index (χ2n) is 6.49. The first-order valence-electron chi connectivity index (χ1n) is 9.15. The summed E-state index contributed by atoms with van der Waals surface area (Å²) in [5, 5.41) is 27.2. The molecule has 0 aliphatic carbocycles. The number of carbonyl (C=O) groups excluding carboxylic acids is 1. The summed E-state index contributed by atoms with van der Waals surface area (Å²) in [6, 6.07) is 0. The molecule has 0 heterocycles. The van der Waals surface area contributed by atoms with Gasteiger partial charge in [0.05, 0.1) is 19.4 Å². The molecule has 0 bridgehead atoms. The number of aliphatic hydroxyl groups is 1. The standard InChI is InChI=1S/C18H32O7.Na.H/c1-2-3-4-5-6-7-8-9-10-11-12-25-16(21)14-18(24,17(22)23)13-15(19)20;;/h24H,2-14H2,1H3,(H,19,20)(H,22,23);;/q;+1;-1. The van der Waals surface area contributed by atoms with Crippen molar-refractivity contribution in [2.24, 2.45) is 0 Å². The molecule has 0 rings (SSSR count). The van der Waals surface area contributed by atoms with E-state index in [1.807, 2.05) is 0 Å². The van der Waals surface area contributed by atoms with Crippen molar-refractivity contribution in [3.63, 3.8) is 0 Å². The third-order valence-corrected chi connectivity index (χ3v) is 4.04. The molecule has 0 aromatic heterocycles. The van der Waals surface area contributed by atoms with E-state index in [1.54, 1.807) is 0 Å². The number of carbonyl (C=O) groups is 3. The van der Waals surface area contributed by atoms with Gasteiger partial charge in [-0.15, -0.1) is 0 Å². The largest absolute Gasteiger partial charge is 1.00 e. The van der Waals surface area contributed by atoms with Gasteiger partial charge in [-0.2, -0.15) is 0 Å². The fourth-order valence-electron chi connectivity index (χ4n) is 2.53. The smallest absolute Gasteiger partial charge is 1.00 e. The Morgan fingerprint density at radius 2 is 1.31 bits per heavy atom. The van der Waals surface area contributed by atoms with E-state index >= 15 is 0 Å². The molecule has 0 aliphatic rings. The molecule has 3 N–H and O–H groups in total. The van der Waals surface area contributed by atoms with Crippen LogP contribution in [0.25, 0.3) is 0 Å². The summed E-state index contributed by atoms with van der Waals surface area (Å²) in [5.74, 6) is -4.14. The summed E-state index contributed by atoms with van der Waals surface area (Å²) in [6.45, 7) is 2.35. The van der Waals surface area contributed by atoms with Crippen molar-refractivity contribution in [2.45, 2.75) is 89.6 Å². The van der Waals surface area contributed by atoms with E-state index in [0.29, 0.717) is 6.42 Å². The first-order chi connectivity index (χ1) is 11.8. The van der Waals surface area contributed by atoms with Crippen LogP contribution in [0, 0.1) is 0 Å². The molecular formula is C18H33NaO7. The van der Waals surface area contributed by atoms with E-state index in [2.05, 4.69) is 6.92 Å². The second kappa shape index (κ2) is 16.5. The zero-order chi connectivity index (χ0) is 19.1. The fraction of sp³-hybridized carbons (Fsp3) is 0.833. The minimum absolute atomic E-state index is 0. The van der Waals surface area contributed by atoms with E-state index in [1.165, 1.54) is 38.5 Å². The number of ether oxygens (including phenoxy) is 1. The summed E-state index contributed by atoms with van der Waals surface area (Å²) in [5.41, 5.74) is -2.62. The maximum absolute atomic E-state index is 11.6. The third-order valence-electron chi connectivity index (χ3n) is 4.04. The minimum atomic E-state index is -2.62. The van der Waals surface area contributed by atoms with Crippen LogP contribution < -0.4 is 29.6 Å². The van der Waals surface area contributed by atoms with Crippen molar-refractivity contribution in [3.05, 3.63) is 0 Å². The normalized spacial score (nSPS) is 12.7. The van der Waals surface area contributed by atoms with Gasteiger partial charge in [0, 0.05) is 0 Å². The summed E-state index contributed by atoms with van der Waals surface area (Å²) in [6.07, 6.45) is 9.49. The van der Waals surface area contributed by atoms with Crippen LogP contribution in [0.2, 0.25) is 0 Å². The first kappa shape index (κ1) is 27.6. The van der Waals surface area contributed by atoms with Gasteiger partial charge in [0.1, 0.15) is 0 Å². The monoisotopic (exact) mass is 384 g/mol. The van der Waals surface area contributed by atoms with Gasteiger partial charge in [0.15, 0.2) is 5.60 Å². The molecular weight excluding hydrogens is 351 g/mol.